The zero-order valence-electron chi connectivity index (χ0n) is 13.5. The number of anilines is 1. The Labute approximate surface area is 127 Å². The number of likely N-dealkylation sites (N-methyl/N-ethyl adjacent to an activating group) is 1. The lowest BCUT2D eigenvalue weighted by Crippen LogP contribution is -2.37. The molecule has 118 valence electrons. The summed E-state index contributed by atoms with van der Waals surface area (Å²) in [6.07, 6.45) is 4.59. The fourth-order valence-corrected chi connectivity index (χ4v) is 1.88. The van der Waals surface area contributed by atoms with Gasteiger partial charge >= 0.3 is 0 Å². The van der Waals surface area contributed by atoms with Gasteiger partial charge in [-0.1, -0.05) is 20.8 Å². The first kappa shape index (κ1) is 17.4. The van der Waals surface area contributed by atoms with E-state index in [1.54, 1.807) is 7.05 Å². The summed E-state index contributed by atoms with van der Waals surface area (Å²) >= 11 is 0. The summed E-state index contributed by atoms with van der Waals surface area (Å²) in [5.41, 5.74) is 1.05. The summed E-state index contributed by atoms with van der Waals surface area (Å²) in [5, 5.41) is 5.99. The molecule has 1 aromatic rings. The number of carbonyl (C=O) groups is 1. The lowest BCUT2D eigenvalue weighted by Gasteiger charge is -2.21. The van der Waals surface area contributed by atoms with E-state index in [0.29, 0.717) is 11.9 Å². The predicted molar refractivity (Wildman–Crippen MR) is 85.1 cm³/mol. The summed E-state index contributed by atoms with van der Waals surface area (Å²) in [6.45, 7) is 9.21. The van der Waals surface area contributed by atoms with Gasteiger partial charge < -0.3 is 15.5 Å². The van der Waals surface area contributed by atoms with Crippen molar-refractivity contribution in [3.63, 3.8) is 0 Å². The number of nitrogens with one attached hydrogen (secondary N) is 2. The molecule has 0 radical (unpaired) electrons. The third kappa shape index (κ3) is 6.53. The molecule has 1 amide bonds. The van der Waals surface area contributed by atoms with Crippen LogP contribution in [0.4, 0.5) is 5.95 Å². The van der Waals surface area contributed by atoms with Crippen molar-refractivity contribution in [1.29, 1.82) is 0 Å². The fraction of sp³-hybridized carbons (Fsp3) is 0.667. The Bertz CT molecular complexity index is 419. The van der Waals surface area contributed by atoms with Gasteiger partial charge in [-0.3, -0.25) is 4.79 Å². The SMILES string of the molecule is CCCN(CC(=O)NC)c1ncc(CNCC(C)C)cn1. The van der Waals surface area contributed by atoms with E-state index in [1.807, 2.05) is 17.3 Å². The third-order valence-corrected chi connectivity index (χ3v) is 2.96. The number of nitrogens with zero attached hydrogens (tertiary/aromatic N) is 3. The van der Waals surface area contributed by atoms with Crippen molar-refractivity contribution < 1.29 is 4.79 Å². The van der Waals surface area contributed by atoms with Gasteiger partial charge in [0.15, 0.2) is 0 Å². The van der Waals surface area contributed by atoms with Gasteiger partial charge in [0.25, 0.3) is 0 Å². The van der Waals surface area contributed by atoms with Gasteiger partial charge in [0, 0.05) is 38.1 Å². The minimum absolute atomic E-state index is 0.0327. The molecule has 6 nitrogen and oxygen atoms in total. The molecule has 0 aliphatic rings. The average molecular weight is 293 g/mol. The van der Waals surface area contributed by atoms with Crippen LogP contribution in [-0.2, 0) is 11.3 Å². The van der Waals surface area contributed by atoms with Crippen molar-refractivity contribution in [3.05, 3.63) is 18.0 Å². The van der Waals surface area contributed by atoms with E-state index in [9.17, 15) is 4.79 Å². The van der Waals surface area contributed by atoms with E-state index in [1.165, 1.54) is 0 Å². The second-order valence-electron chi connectivity index (χ2n) is 5.51. The summed E-state index contributed by atoms with van der Waals surface area (Å²) in [6, 6.07) is 0. The van der Waals surface area contributed by atoms with E-state index >= 15 is 0 Å². The van der Waals surface area contributed by atoms with Crippen molar-refractivity contribution in [2.75, 3.05) is 31.6 Å². The number of hydrogen-bond donors (Lipinski definition) is 2. The van der Waals surface area contributed by atoms with Gasteiger partial charge in [0.1, 0.15) is 0 Å². The fourth-order valence-electron chi connectivity index (χ4n) is 1.88. The number of aromatic nitrogens is 2. The van der Waals surface area contributed by atoms with Gasteiger partial charge in [-0.05, 0) is 18.9 Å². The highest BCUT2D eigenvalue weighted by Gasteiger charge is 2.12. The van der Waals surface area contributed by atoms with Crippen molar-refractivity contribution in [3.8, 4) is 0 Å². The van der Waals surface area contributed by atoms with Gasteiger partial charge in [-0.15, -0.1) is 0 Å². The van der Waals surface area contributed by atoms with E-state index < -0.39 is 0 Å². The Morgan fingerprint density at radius 1 is 1.33 bits per heavy atom. The molecule has 0 spiro atoms. The standard InChI is InChI=1S/C15H27N5O/c1-5-6-20(11-14(21)16-4)15-18-9-13(10-19-15)8-17-7-12(2)3/h9-10,12,17H,5-8,11H2,1-4H3,(H,16,21). The summed E-state index contributed by atoms with van der Waals surface area (Å²) in [7, 11) is 1.64. The van der Waals surface area contributed by atoms with Crippen LogP contribution in [-0.4, -0.2) is 42.6 Å². The monoisotopic (exact) mass is 293 g/mol. The van der Waals surface area contributed by atoms with Gasteiger partial charge in [-0.25, -0.2) is 9.97 Å². The van der Waals surface area contributed by atoms with Gasteiger partial charge in [0.05, 0.1) is 6.54 Å². The van der Waals surface area contributed by atoms with Crippen LogP contribution in [0.15, 0.2) is 12.4 Å². The molecule has 6 heteroatoms. The van der Waals surface area contributed by atoms with E-state index in [4.69, 9.17) is 0 Å². The molecule has 2 N–H and O–H groups in total. The quantitative estimate of drug-likeness (QED) is 0.715. The molecule has 0 bridgehead atoms. The zero-order valence-corrected chi connectivity index (χ0v) is 13.5. The number of rotatable bonds is 9. The molecule has 0 unspecified atom stereocenters. The van der Waals surface area contributed by atoms with Crippen LogP contribution in [0, 0.1) is 5.92 Å². The minimum Gasteiger partial charge on any atom is -0.358 e. The minimum atomic E-state index is -0.0327. The first-order valence-corrected chi connectivity index (χ1v) is 7.54. The first-order valence-electron chi connectivity index (χ1n) is 7.54. The van der Waals surface area contributed by atoms with Crippen molar-refractivity contribution in [2.24, 2.45) is 5.92 Å². The molecule has 0 aliphatic heterocycles. The molecule has 0 aliphatic carbocycles. The highest BCUT2D eigenvalue weighted by atomic mass is 16.1. The van der Waals surface area contributed by atoms with E-state index in [-0.39, 0.29) is 12.5 Å². The van der Waals surface area contributed by atoms with Crippen LogP contribution >= 0.6 is 0 Å². The Balaban J connectivity index is 2.62. The smallest absolute Gasteiger partial charge is 0.239 e. The van der Waals surface area contributed by atoms with Crippen LogP contribution in [0.3, 0.4) is 0 Å². The molecule has 21 heavy (non-hydrogen) atoms. The molecular weight excluding hydrogens is 266 g/mol. The Hall–Kier alpha value is -1.69. The first-order chi connectivity index (χ1) is 10.1. The van der Waals surface area contributed by atoms with Crippen LogP contribution in [0.1, 0.15) is 32.8 Å². The Morgan fingerprint density at radius 3 is 2.52 bits per heavy atom. The molecular formula is C15H27N5O. The average Bonchev–Trinajstić information content (AvgIpc) is 2.47. The van der Waals surface area contributed by atoms with Crippen LogP contribution in [0.25, 0.3) is 0 Å². The van der Waals surface area contributed by atoms with Crippen molar-refractivity contribution in [2.45, 2.75) is 33.7 Å². The number of amides is 1. The maximum atomic E-state index is 11.5. The van der Waals surface area contributed by atoms with Crippen LogP contribution in [0.5, 0.6) is 0 Å². The molecule has 1 rings (SSSR count). The second-order valence-corrected chi connectivity index (χ2v) is 5.51. The number of hydrogen-bond acceptors (Lipinski definition) is 5. The highest BCUT2D eigenvalue weighted by Crippen LogP contribution is 2.08. The molecule has 0 atom stereocenters. The predicted octanol–water partition coefficient (Wildman–Crippen LogP) is 1.18. The summed E-state index contributed by atoms with van der Waals surface area (Å²) in [4.78, 5) is 22.2. The third-order valence-electron chi connectivity index (χ3n) is 2.96. The Morgan fingerprint density at radius 2 is 2.00 bits per heavy atom. The van der Waals surface area contributed by atoms with E-state index in [0.717, 1.165) is 31.6 Å². The highest BCUT2D eigenvalue weighted by molar-refractivity contribution is 5.80. The lowest BCUT2D eigenvalue weighted by atomic mass is 10.2. The molecule has 0 aromatic carbocycles. The maximum absolute atomic E-state index is 11.5. The van der Waals surface area contributed by atoms with Crippen molar-refractivity contribution in [1.82, 2.24) is 20.6 Å². The maximum Gasteiger partial charge on any atom is 0.239 e. The van der Waals surface area contributed by atoms with Crippen molar-refractivity contribution >= 4 is 11.9 Å². The lowest BCUT2D eigenvalue weighted by molar-refractivity contribution is -0.119. The summed E-state index contributed by atoms with van der Waals surface area (Å²) in [5.74, 6) is 1.19. The number of carbonyl (C=O) groups excluding carboxylic acids is 1. The van der Waals surface area contributed by atoms with Gasteiger partial charge in [-0.2, -0.15) is 0 Å². The molecule has 0 fully saturated rings. The molecule has 1 aromatic heterocycles. The summed E-state index contributed by atoms with van der Waals surface area (Å²) < 4.78 is 0. The molecule has 0 saturated carbocycles. The topological polar surface area (TPSA) is 70.2 Å². The molecule has 1 heterocycles. The Kier molecular flexibility index (Phi) is 7.68. The second kappa shape index (κ2) is 9.28. The van der Waals surface area contributed by atoms with Crippen LogP contribution in [0.2, 0.25) is 0 Å². The van der Waals surface area contributed by atoms with Crippen LogP contribution < -0.4 is 15.5 Å². The largest absolute Gasteiger partial charge is 0.358 e. The molecule has 0 saturated heterocycles. The van der Waals surface area contributed by atoms with Gasteiger partial charge in [0.2, 0.25) is 11.9 Å². The van der Waals surface area contributed by atoms with E-state index in [2.05, 4.69) is 41.4 Å². The normalized spacial score (nSPS) is 10.7. The zero-order chi connectivity index (χ0) is 15.7.